The number of hydrogen-bond acceptors (Lipinski definition) is 2. The lowest BCUT2D eigenvalue weighted by atomic mass is 10.1. The third-order valence-corrected chi connectivity index (χ3v) is 3.66. The normalized spacial score (nSPS) is 12.3. The Kier molecular flexibility index (Phi) is 5.14. The molecule has 0 spiro atoms. The lowest BCUT2D eigenvalue weighted by Crippen LogP contribution is -2.35. The van der Waals surface area contributed by atoms with E-state index in [0.717, 1.165) is 12.8 Å². The summed E-state index contributed by atoms with van der Waals surface area (Å²) in [6.45, 7) is 4.06. The van der Waals surface area contributed by atoms with Crippen LogP contribution in [0.2, 0.25) is 0 Å². The Morgan fingerprint density at radius 1 is 1.56 bits per heavy atom. The number of nitrogen functional groups attached to an aromatic ring is 1. The summed E-state index contributed by atoms with van der Waals surface area (Å²) in [5.41, 5.74) is 5.87. The van der Waals surface area contributed by atoms with E-state index < -0.39 is 5.82 Å². The Labute approximate surface area is 115 Å². The molecular weight excluding hydrogens is 299 g/mol. The van der Waals surface area contributed by atoms with Crippen LogP contribution in [0.3, 0.4) is 0 Å². The van der Waals surface area contributed by atoms with Crippen LogP contribution >= 0.6 is 15.9 Å². The molecule has 0 fully saturated rings. The lowest BCUT2D eigenvalue weighted by Gasteiger charge is -2.25. The molecule has 2 N–H and O–H groups in total. The lowest BCUT2D eigenvalue weighted by molar-refractivity contribution is 0.0736. The van der Waals surface area contributed by atoms with Crippen molar-refractivity contribution in [3.05, 3.63) is 28.0 Å². The molecule has 3 nitrogen and oxygen atoms in total. The van der Waals surface area contributed by atoms with Crippen LogP contribution in [0.4, 0.5) is 10.1 Å². The number of anilines is 1. The van der Waals surface area contributed by atoms with Gasteiger partial charge >= 0.3 is 0 Å². The average Bonchev–Trinajstić information content (AvgIpc) is 2.32. The molecule has 0 bridgehead atoms. The fourth-order valence-corrected chi connectivity index (χ4v) is 2.22. The van der Waals surface area contributed by atoms with Crippen LogP contribution in [0.1, 0.15) is 37.0 Å². The van der Waals surface area contributed by atoms with Gasteiger partial charge in [-0.25, -0.2) is 4.39 Å². The van der Waals surface area contributed by atoms with Gasteiger partial charge in [-0.15, -0.1) is 0 Å². The Hall–Kier alpha value is -1.10. The van der Waals surface area contributed by atoms with Crippen molar-refractivity contribution in [2.45, 2.75) is 32.7 Å². The van der Waals surface area contributed by atoms with E-state index in [1.54, 1.807) is 11.9 Å². The van der Waals surface area contributed by atoms with Crippen LogP contribution in [-0.4, -0.2) is 23.9 Å². The minimum absolute atomic E-state index is 0.0157. The van der Waals surface area contributed by atoms with E-state index in [-0.39, 0.29) is 17.6 Å². The predicted octanol–water partition coefficient (Wildman–Crippen LogP) is 3.43. The van der Waals surface area contributed by atoms with Crippen molar-refractivity contribution in [3.8, 4) is 0 Å². The molecule has 1 aromatic carbocycles. The molecule has 0 radical (unpaired) electrons. The summed E-state index contributed by atoms with van der Waals surface area (Å²) in [6, 6.07) is 2.73. The fourth-order valence-electron chi connectivity index (χ4n) is 1.73. The molecule has 5 heteroatoms. The fraction of sp³-hybridized carbons (Fsp3) is 0.462. The van der Waals surface area contributed by atoms with E-state index in [0.29, 0.717) is 10.0 Å². The van der Waals surface area contributed by atoms with Gasteiger partial charge in [0.25, 0.3) is 5.91 Å². The molecule has 0 saturated heterocycles. The van der Waals surface area contributed by atoms with E-state index in [1.807, 2.05) is 6.92 Å². The highest BCUT2D eigenvalue weighted by atomic mass is 79.9. The van der Waals surface area contributed by atoms with Crippen LogP contribution in [0.15, 0.2) is 16.6 Å². The van der Waals surface area contributed by atoms with Crippen molar-refractivity contribution in [1.29, 1.82) is 0 Å². The zero-order valence-corrected chi connectivity index (χ0v) is 12.4. The molecule has 1 rings (SSSR count). The highest BCUT2D eigenvalue weighted by Crippen LogP contribution is 2.24. The summed E-state index contributed by atoms with van der Waals surface area (Å²) in [7, 11) is 1.74. The first-order chi connectivity index (χ1) is 8.38. The Morgan fingerprint density at radius 2 is 2.17 bits per heavy atom. The minimum Gasteiger partial charge on any atom is -0.396 e. The summed E-state index contributed by atoms with van der Waals surface area (Å²) < 4.78 is 13.6. The van der Waals surface area contributed by atoms with E-state index >= 15 is 0 Å². The number of halogens is 2. The van der Waals surface area contributed by atoms with E-state index in [9.17, 15) is 9.18 Å². The Morgan fingerprint density at radius 3 is 2.72 bits per heavy atom. The van der Waals surface area contributed by atoms with Gasteiger partial charge in [0.2, 0.25) is 0 Å². The van der Waals surface area contributed by atoms with Crippen molar-refractivity contribution in [2.75, 3.05) is 12.8 Å². The molecule has 1 amide bonds. The third kappa shape index (κ3) is 3.22. The van der Waals surface area contributed by atoms with Gasteiger partial charge in [0.1, 0.15) is 5.82 Å². The van der Waals surface area contributed by atoms with Crippen LogP contribution in [0.25, 0.3) is 0 Å². The summed E-state index contributed by atoms with van der Waals surface area (Å²) in [5, 5.41) is 0. The second kappa shape index (κ2) is 6.18. The first kappa shape index (κ1) is 15.0. The number of carbonyl (C=O) groups excluding carboxylic acids is 1. The smallest absolute Gasteiger partial charge is 0.255 e. The quantitative estimate of drug-likeness (QED) is 0.865. The molecule has 1 unspecified atom stereocenters. The number of carbonyl (C=O) groups is 1. The predicted molar refractivity (Wildman–Crippen MR) is 75.0 cm³/mol. The highest BCUT2D eigenvalue weighted by molar-refractivity contribution is 9.10. The van der Waals surface area contributed by atoms with Gasteiger partial charge in [-0.05, 0) is 41.4 Å². The summed E-state index contributed by atoms with van der Waals surface area (Å²) in [5.74, 6) is -0.683. The first-order valence-corrected chi connectivity index (χ1v) is 6.69. The maximum Gasteiger partial charge on any atom is 0.255 e. The van der Waals surface area contributed by atoms with Gasteiger partial charge in [0, 0.05) is 17.6 Å². The molecule has 1 aromatic rings. The molecule has 18 heavy (non-hydrogen) atoms. The van der Waals surface area contributed by atoms with E-state index in [1.165, 1.54) is 12.1 Å². The second-order valence-electron chi connectivity index (χ2n) is 4.41. The van der Waals surface area contributed by atoms with E-state index in [4.69, 9.17) is 5.73 Å². The van der Waals surface area contributed by atoms with Crippen molar-refractivity contribution in [1.82, 2.24) is 4.90 Å². The molecular formula is C13H18BrFN2O. The number of nitrogens with zero attached hydrogens (tertiary/aromatic N) is 1. The average molecular weight is 317 g/mol. The molecule has 1 atom stereocenters. The number of hydrogen-bond donors (Lipinski definition) is 1. The summed E-state index contributed by atoms with van der Waals surface area (Å²) in [4.78, 5) is 13.9. The molecule has 0 heterocycles. The van der Waals surface area contributed by atoms with Crippen LogP contribution in [-0.2, 0) is 0 Å². The van der Waals surface area contributed by atoms with Crippen LogP contribution in [0.5, 0.6) is 0 Å². The van der Waals surface area contributed by atoms with Crippen molar-refractivity contribution < 1.29 is 9.18 Å². The standard InChI is InChI=1S/C13H18BrFN2O/c1-4-5-8(2)17(3)13(18)9-6-12(16)11(15)7-10(9)14/h6-8H,4-5,16H2,1-3H3. The van der Waals surface area contributed by atoms with Gasteiger partial charge < -0.3 is 10.6 Å². The summed E-state index contributed by atoms with van der Waals surface area (Å²) >= 11 is 3.20. The molecule has 0 aliphatic heterocycles. The van der Waals surface area contributed by atoms with E-state index in [2.05, 4.69) is 22.9 Å². The number of benzene rings is 1. The molecule has 0 aliphatic rings. The zero-order valence-electron chi connectivity index (χ0n) is 10.8. The zero-order chi connectivity index (χ0) is 13.9. The maximum absolute atomic E-state index is 13.2. The van der Waals surface area contributed by atoms with Crippen molar-refractivity contribution in [2.24, 2.45) is 0 Å². The van der Waals surface area contributed by atoms with Crippen LogP contribution < -0.4 is 5.73 Å². The molecule has 100 valence electrons. The van der Waals surface area contributed by atoms with Crippen LogP contribution in [0, 0.1) is 5.82 Å². The largest absolute Gasteiger partial charge is 0.396 e. The van der Waals surface area contributed by atoms with Gasteiger partial charge in [-0.2, -0.15) is 0 Å². The molecule has 0 saturated carbocycles. The highest BCUT2D eigenvalue weighted by Gasteiger charge is 2.20. The first-order valence-electron chi connectivity index (χ1n) is 5.90. The van der Waals surface area contributed by atoms with Gasteiger partial charge in [-0.3, -0.25) is 4.79 Å². The SMILES string of the molecule is CCCC(C)N(C)C(=O)c1cc(N)c(F)cc1Br. The molecule has 0 aromatic heterocycles. The Bertz CT molecular complexity index is 451. The number of rotatable bonds is 4. The van der Waals surface area contributed by atoms with Gasteiger partial charge in [-0.1, -0.05) is 13.3 Å². The maximum atomic E-state index is 13.2. The topological polar surface area (TPSA) is 46.3 Å². The van der Waals surface area contributed by atoms with Crippen molar-refractivity contribution >= 4 is 27.5 Å². The van der Waals surface area contributed by atoms with Gasteiger partial charge in [0.15, 0.2) is 0 Å². The summed E-state index contributed by atoms with van der Waals surface area (Å²) in [6.07, 6.45) is 1.93. The number of nitrogens with two attached hydrogens (primary N) is 1. The minimum atomic E-state index is -0.525. The van der Waals surface area contributed by atoms with Gasteiger partial charge in [0.05, 0.1) is 11.3 Å². The third-order valence-electron chi connectivity index (χ3n) is 3.00. The Balaban J connectivity index is 3.00. The molecule has 0 aliphatic carbocycles. The number of amides is 1. The van der Waals surface area contributed by atoms with Crippen molar-refractivity contribution in [3.63, 3.8) is 0 Å². The monoisotopic (exact) mass is 316 g/mol. The second-order valence-corrected chi connectivity index (χ2v) is 5.26.